The Hall–Kier alpha value is -5.65. The lowest BCUT2D eigenvalue weighted by atomic mass is 10.0. The molecule has 8 rings (SSSR count). The highest BCUT2D eigenvalue weighted by molar-refractivity contribution is 6.33. The Labute approximate surface area is 339 Å². The molecule has 0 unspecified atom stereocenters. The van der Waals surface area contributed by atoms with Gasteiger partial charge in [0.1, 0.15) is 17.9 Å². The van der Waals surface area contributed by atoms with Crippen LogP contribution >= 0.6 is 11.6 Å². The maximum absolute atomic E-state index is 15.1. The van der Waals surface area contributed by atoms with E-state index in [0.29, 0.717) is 105 Å². The van der Waals surface area contributed by atoms with Crippen molar-refractivity contribution >= 4 is 51.8 Å². The molecule has 2 atom stereocenters. The Kier molecular flexibility index (Phi) is 11.0. The maximum atomic E-state index is 15.1. The van der Waals surface area contributed by atoms with Crippen molar-refractivity contribution in [3.05, 3.63) is 104 Å². The number of hydrogen-bond acceptors (Lipinski definition) is 8. The fourth-order valence-corrected chi connectivity index (χ4v) is 8.52. The van der Waals surface area contributed by atoms with Crippen LogP contribution in [0.2, 0.25) is 5.02 Å². The first-order valence-corrected chi connectivity index (χ1v) is 20.2. The van der Waals surface area contributed by atoms with E-state index in [1.165, 1.54) is 21.7 Å². The third-order valence-corrected chi connectivity index (χ3v) is 12.2. The Balaban J connectivity index is 0.876. The Bertz CT molecular complexity index is 2420. The molecule has 1 aromatic heterocycles. The van der Waals surface area contributed by atoms with Crippen molar-refractivity contribution in [2.45, 2.75) is 70.6 Å². The SMILES string of the molecule is Cc1c(N2C(=O)[C@@H]3[C@H](OCCCCCn4nc(Cc5ccc(F)c(C(=O)N6CCN(C(=O)C7CC7)CC6)c5)c5ccccc5c4=O)CCN3C2=O)ccc(C#N)c1Cl. The lowest BCUT2D eigenvalue weighted by Gasteiger charge is -2.35. The third-order valence-electron chi connectivity index (χ3n) is 11.7. The number of ether oxygens (including phenoxy) is 1. The molecule has 3 aliphatic heterocycles. The van der Waals surface area contributed by atoms with Crippen LogP contribution < -0.4 is 10.5 Å². The lowest BCUT2D eigenvalue weighted by molar-refractivity contribution is -0.134. The minimum atomic E-state index is -0.741. The zero-order chi connectivity index (χ0) is 40.7. The van der Waals surface area contributed by atoms with Crippen molar-refractivity contribution in [1.29, 1.82) is 5.26 Å². The minimum absolute atomic E-state index is 0.0304. The van der Waals surface area contributed by atoms with Gasteiger partial charge in [0.25, 0.3) is 17.4 Å². The minimum Gasteiger partial charge on any atom is -0.375 e. The van der Waals surface area contributed by atoms with Gasteiger partial charge in [-0.3, -0.25) is 19.2 Å². The molecule has 0 spiro atoms. The summed E-state index contributed by atoms with van der Waals surface area (Å²) in [6, 6.07) is 15.6. The highest BCUT2D eigenvalue weighted by atomic mass is 35.5. The van der Waals surface area contributed by atoms with Crippen LogP contribution in [0.3, 0.4) is 0 Å². The van der Waals surface area contributed by atoms with Gasteiger partial charge in [0, 0.05) is 63.6 Å². The van der Waals surface area contributed by atoms with Gasteiger partial charge >= 0.3 is 6.03 Å². The molecular weight excluding hydrogens is 765 g/mol. The number of benzene rings is 3. The number of fused-ring (bicyclic) bond motifs is 2. The van der Waals surface area contributed by atoms with E-state index in [0.717, 1.165) is 17.7 Å². The van der Waals surface area contributed by atoms with E-state index in [1.807, 2.05) is 18.2 Å². The summed E-state index contributed by atoms with van der Waals surface area (Å²) in [7, 11) is 0. The molecule has 0 bridgehead atoms. The van der Waals surface area contributed by atoms with Crippen LogP contribution in [0.1, 0.15) is 71.3 Å². The monoisotopic (exact) mass is 807 g/mol. The van der Waals surface area contributed by atoms with Gasteiger partial charge < -0.3 is 19.4 Å². The van der Waals surface area contributed by atoms with Gasteiger partial charge in [-0.2, -0.15) is 10.4 Å². The molecule has 3 aromatic carbocycles. The number of carbonyl (C=O) groups is 4. The normalized spacial score (nSPS) is 19.3. The molecule has 4 aromatic rings. The first-order valence-electron chi connectivity index (χ1n) is 19.9. The average molecular weight is 808 g/mol. The van der Waals surface area contributed by atoms with Gasteiger partial charge in [-0.1, -0.05) is 35.9 Å². The van der Waals surface area contributed by atoms with Crippen molar-refractivity contribution in [3.63, 3.8) is 0 Å². The Morgan fingerprint density at radius 3 is 2.41 bits per heavy atom. The number of aromatic nitrogens is 2. The number of piperazine rings is 1. The van der Waals surface area contributed by atoms with Crippen LogP contribution in [0.5, 0.6) is 0 Å². The standard InChI is InChI=1S/C43H43ClFN7O6/c1-26-35(14-12-29(25-46)37(26)44)52-42(56)38-36(15-17-50(38)43(52)57)58-22-6-2-5-16-51-41(55)31-8-4-3-7-30(31)34(47-51)24-27-9-13-33(45)32(23-27)40(54)49-20-18-48(19-21-49)39(53)28-10-11-28/h3-4,7-9,12-14,23,28,36,38H,2,5-6,10-11,15-22,24H2,1H3/t36-,38+/m1/s1. The molecule has 58 heavy (non-hydrogen) atoms. The number of amides is 5. The van der Waals surface area contributed by atoms with Gasteiger partial charge in [0.15, 0.2) is 0 Å². The molecule has 5 amide bonds. The number of unbranched alkanes of at least 4 members (excludes halogenated alkanes) is 2. The van der Waals surface area contributed by atoms with Gasteiger partial charge in [-0.15, -0.1) is 0 Å². The van der Waals surface area contributed by atoms with E-state index >= 15 is 4.39 Å². The molecule has 3 saturated heterocycles. The number of imide groups is 1. The topological polar surface area (TPSA) is 149 Å². The number of nitriles is 1. The van der Waals surface area contributed by atoms with Crippen LogP contribution in [0.4, 0.5) is 14.9 Å². The second kappa shape index (κ2) is 16.3. The molecule has 300 valence electrons. The number of hydrogen-bond donors (Lipinski definition) is 0. The van der Waals surface area contributed by atoms with Gasteiger partial charge in [0.05, 0.1) is 39.0 Å². The van der Waals surface area contributed by atoms with Crippen molar-refractivity contribution in [3.8, 4) is 6.07 Å². The molecule has 4 aliphatic rings. The average Bonchev–Trinajstić information content (AvgIpc) is 3.96. The summed E-state index contributed by atoms with van der Waals surface area (Å²) in [6.45, 7) is 4.35. The van der Waals surface area contributed by atoms with Crippen LogP contribution in [-0.4, -0.2) is 99.7 Å². The first kappa shape index (κ1) is 39.2. The summed E-state index contributed by atoms with van der Waals surface area (Å²) in [5.41, 5.74) is 2.16. The molecule has 13 nitrogen and oxygen atoms in total. The summed E-state index contributed by atoms with van der Waals surface area (Å²) in [6.07, 6.45) is 4.19. The maximum Gasteiger partial charge on any atom is 0.332 e. The molecule has 1 aliphatic carbocycles. The second-order valence-corrected chi connectivity index (χ2v) is 15.8. The van der Waals surface area contributed by atoms with Crippen LogP contribution in [0, 0.1) is 30.0 Å². The number of carbonyl (C=O) groups excluding carboxylic acids is 4. The summed E-state index contributed by atoms with van der Waals surface area (Å²) in [5.74, 6) is -1.15. The quantitative estimate of drug-likeness (QED) is 0.136. The highest BCUT2D eigenvalue weighted by Gasteiger charge is 2.53. The van der Waals surface area contributed by atoms with Crippen molar-refractivity contribution in [1.82, 2.24) is 24.5 Å². The largest absolute Gasteiger partial charge is 0.375 e. The molecule has 0 N–H and O–H groups in total. The fraction of sp³-hybridized carbons (Fsp3) is 0.419. The highest BCUT2D eigenvalue weighted by Crippen LogP contribution is 2.37. The van der Waals surface area contributed by atoms with E-state index in [9.17, 15) is 29.2 Å². The predicted octanol–water partition coefficient (Wildman–Crippen LogP) is 5.45. The summed E-state index contributed by atoms with van der Waals surface area (Å²) >= 11 is 6.34. The Morgan fingerprint density at radius 2 is 1.67 bits per heavy atom. The molecule has 4 fully saturated rings. The second-order valence-electron chi connectivity index (χ2n) is 15.4. The number of aryl methyl sites for hydroxylation is 1. The number of urea groups is 1. The Morgan fingerprint density at radius 1 is 0.931 bits per heavy atom. The molecular formula is C43H43ClFN7O6. The number of rotatable bonds is 12. The van der Waals surface area contributed by atoms with E-state index in [-0.39, 0.29) is 45.9 Å². The fourth-order valence-electron chi connectivity index (χ4n) is 8.32. The number of anilines is 1. The first-order chi connectivity index (χ1) is 28.0. The number of halogens is 2. The number of nitrogens with zero attached hydrogens (tertiary/aromatic N) is 7. The van der Waals surface area contributed by atoms with E-state index in [2.05, 4.69) is 0 Å². The molecule has 4 heterocycles. The van der Waals surface area contributed by atoms with Crippen molar-refractivity contribution in [2.75, 3.05) is 44.2 Å². The molecule has 15 heteroatoms. The summed E-state index contributed by atoms with van der Waals surface area (Å²) in [4.78, 5) is 72.4. The van der Waals surface area contributed by atoms with Gasteiger partial charge in [-0.05, 0) is 86.9 Å². The van der Waals surface area contributed by atoms with Crippen molar-refractivity contribution in [2.24, 2.45) is 5.92 Å². The van der Waals surface area contributed by atoms with Gasteiger partial charge in [-0.25, -0.2) is 18.8 Å². The third kappa shape index (κ3) is 7.44. The van der Waals surface area contributed by atoms with Crippen LogP contribution in [0.25, 0.3) is 10.8 Å². The zero-order valence-electron chi connectivity index (χ0n) is 32.2. The molecule has 1 saturated carbocycles. The zero-order valence-corrected chi connectivity index (χ0v) is 32.9. The van der Waals surface area contributed by atoms with E-state index in [4.69, 9.17) is 21.4 Å². The summed E-state index contributed by atoms with van der Waals surface area (Å²) < 4.78 is 22.7. The van der Waals surface area contributed by atoms with Gasteiger partial charge in [0.2, 0.25) is 5.91 Å². The van der Waals surface area contributed by atoms with Crippen molar-refractivity contribution < 1.29 is 28.3 Å². The van der Waals surface area contributed by atoms with E-state index in [1.54, 1.807) is 47.1 Å². The molecule has 0 radical (unpaired) electrons. The van der Waals surface area contributed by atoms with E-state index < -0.39 is 29.9 Å². The summed E-state index contributed by atoms with van der Waals surface area (Å²) in [5, 5.41) is 15.5. The van der Waals surface area contributed by atoms with Crippen LogP contribution in [-0.2, 0) is 27.3 Å². The smallest absolute Gasteiger partial charge is 0.332 e. The lowest BCUT2D eigenvalue weighted by Crippen LogP contribution is -2.51. The predicted molar refractivity (Wildman–Crippen MR) is 213 cm³/mol. The van der Waals surface area contributed by atoms with Crippen LogP contribution in [0.15, 0.2) is 59.4 Å².